The Kier molecular flexibility index (Phi) is 6.45. The standard InChI is InChI=1S/C11H25N/c1-5-8-11(6-2,7-3)9-10-12-4/h12H,5-10H2,1-4H3. The highest BCUT2D eigenvalue weighted by atomic mass is 14.8. The number of hydrogen-bond acceptors (Lipinski definition) is 1. The lowest BCUT2D eigenvalue weighted by molar-refractivity contribution is 0.215. The van der Waals surface area contributed by atoms with Gasteiger partial charge in [-0.1, -0.05) is 40.0 Å². The van der Waals surface area contributed by atoms with Crippen LogP contribution in [0.25, 0.3) is 0 Å². The second-order valence-corrected chi connectivity index (χ2v) is 3.81. The van der Waals surface area contributed by atoms with Gasteiger partial charge < -0.3 is 5.32 Å². The molecule has 0 aliphatic rings. The molecule has 0 aromatic rings. The van der Waals surface area contributed by atoms with Crippen molar-refractivity contribution in [1.29, 1.82) is 0 Å². The second-order valence-electron chi connectivity index (χ2n) is 3.81. The number of nitrogens with one attached hydrogen (secondary N) is 1. The first-order chi connectivity index (χ1) is 5.74. The van der Waals surface area contributed by atoms with Gasteiger partial charge in [-0.3, -0.25) is 0 Å². The molecule has 0 fully saturated rings. The van der Waals surface area contributed by atoms with Crippen molar-refractivity contribution >= 4 is 0 Å². The molecule has 0 radical (unpaired) electrons. The summed E-state index contributed by atoms with van der Waals surface area (Å²) in [5.74, 6) is 0. The van der Waals surface area contributed by atoms with E-state index >= 15 is 0 Å². The zero-order valence-corrected chi connectivity index (χ0v) is 9.24. The van der Waals surface area contributed by atoms with E-state index in [9.17, 15) is 0 Å². The van der Waals surface area contributed by atoms with E-state index in [1.54, 1.807) is 0 Å². The van der Waals surface area contributed by atoms with Gasteiger partial charge in [0.2, 0.25) is 0 Å². The molecule has 0 heterocycles. The molecule has 0 aliphatic heterocycles. The van der Waals surface area contributed by atoms with Gasteiger partial charge in [0.15, 0.2) is 0 Å². The summed E-state index contributed by atoms with van der Waals surface area (Å²) in [6.07, 6.45) is 6.72. The monoisotopic (exact) mass is 171 g/mol. The zero-order valence-electron chi connectivity index (χ0n) is 9.24. The highest BCUT2D eigenvalue weighted by Gasteiger charge is 2.23. The molecule has 0 atom stereocenters. The van der Waals surface area contributed by atoms with Gasteiger partial charge in [0.25, 0.3) is 0 Å². The summed E-state index contributed by atoms with van der Waals surface area (Å²) in [7, 11) is 2.04. The Balaban J connectivity index is 3.95. The van der Waals surface area contributed by atoms with Crippen molar-refractivity contribution in [3.63, 3.8) is 0 Å². The van der Waals surface area contributed by atoms with Crippen LogP contribution in [0.15, 0.2) is 0 Å². The van der Waals surface area contributed by atoms with Gasteiger partial charge in [-0.2, -0.15) is 0 Å². The van der Waals surface area contributed by atoms with Crippen LogP contribution in [0, 0.1) is 5.41 Å². The van der Waals surface area contributed by atoms with Crippen molar-refractivity contribution < 1.29 is 0 Å². The highest BCUT2D eigenvalue weighted by Crippen LogP contribution is 2.35. The Hall–Kier alpha value is -0.0400. The summed E-state index contributed by atoms with van der Waals surface area (Å²) in [5, 5.41) is 3.25. The van der Waals surface area contributed by atoms with Crippen LogP contribution in [-0.4, -0.2) is 13.6 Å². The van der Waals surface area contributed by atoms with E-state index in [0.29, 0.717) is 5.41 Å². The normalized spacial score (nSPS) is 12.0. The van der Waals surface area contributed by atoms with Gasteiger partial charge in [-0.05, 0) is 31.8 Å². The van der Waals surface area contributed by atoms with E-state index in [1.807, 2.05) is 7.05 Å². The molecule has 12 heavy (non-hydrogen) atoms. The molecule has 0 saturated heterocycles. The van der Waals surface area contributed by atoms with Crippen molar-refractivity contribution in [2.24, 2.45) is 5.41 Å². The van der Waals surface area contributed by atoms with Crippen molar-refractivity contribution in [2.75, 3.05) is 13.6 Å². The summed E-state index contributed by atoms with van der Waals surface area (Å²) in [5.41, 5.74) is 0.623. The third kappa shape index (κ3) is 3.57. The Morgan fingerprint density at radius 2 is 1.58 bits per heavy atom. The van der Waals surface area contributed by atoms with E-state index < -0.39 is 0 Å². The lowest BCUT2D eigenvalue weighted by Gasteiger charge is -2.31. The van der Waals surface area contributed by atoms with E-state index in [2.05, 4.69) is 26.1 Å². The molecule has 0 unspecified atom stereocenters. The number of hydrogen-bond donors (Lipinski definition) is 1. The molecular weight excluding hydrogens is 146 g/mol. The van der Waals surface area contributed by atoms with Gasteiger partial charge in [0.05, 0.1) is 0 Å². The fourth-order valence-electron chi connectivity index (χ4n) is 2.00. The van der Waals surface area contributed by atoms with E-state index in [4.69, 9.17) is 0 Å². The van der Waals surface area contributed by atoms with E-state index in [-0.39, 0.29) is 0 Å². The molecule has 74 valence electrons. The molecule has 0 aromatic heterocycles. The molecule has 1 heteroatoms. The summed E-state index contributed by atoms with van der Waals surface area (Å²) >= 11 is 0. The van der Waals surface area contributed by atoms with Crippen LogP contribution >= 0.6 is 0 Å². The van der Waals surface area contributed by atoms with Crippen molar-refractivity contribution in [2.45, 2.75) is 52.9 Å². The quantitative estimate of drug-likeness (QED) is 0.620. The maximum absolute atomic E-state index is 3.25. The molecule has 0 rings (SSSR count). The van der Waals surface area contributed by atoms with Crippen LogP contribution in [0.3, 0.4) is 0 Å². The van der Waals surface area contributed by atoms with Gasteiger partial charge in [0, 0.05) is 0 Å². The minimum Gasteiger partial charge on any atom is -0.320 e. The molecule has 1 N–H and O–H groups in total. The minimum absolute atomic E-state index is 0.623. The smallest absolute Gasteiger partial charge is 0.00466 e. The van der Waals surface area contributed by atoms with Crippen molar-refractivity contribution in [3.05, 3.63) is 0 Å². The third-order valence-corrected chi connectivity index (χ3v) is 3.19. The van der Waals surface area contributed by atoms with Crippen LogP contribution in [-0.2, 0) is 0 Å². The third-order valence-electron chi connectivity index (χ3n) is 3.19. The number of rotatable bonds is 7. The lowest BCUT2D eigenvalue weighted by Crippen LogP contribution is -2.24. The molecule has 0 saturated carbocycles. The maximum atomic E-state index is 3.25. The second kappa shape index (κ2) is 6.47. The first-order valence-electron chi connectivity index (χ1n) is 5.39. The van der Waals surface area contributed by atoms with Crippen molar-refractivity contribution in [3.8, 4) is 0 Å². The van der Waals surface area contributed by atoms with E-state index in [0.717, 1.165) is 0 Å². The molecule has 0 spiro atoms. The largest absolute Gasteiger partial charge is 0.320 e. The minimum atomic E-state index is 0.623. The zero-order chi connectivity index (χ0) is 9.45. The van der Waals surface area contributed by atoms with Gasteiger partial charge in [-0.25, -0.2) is 0 Å². The lowest BCUT2D eigenvalue weighted by atomic mass is 9.75. The predicted molar refractivity (Wildman–Crippen MR) is 56.5 cm³/mol. The summed E-state index contributed by atoms with van der Waals surface area (Å²) in [4.78, 5) is 0. The van der Waals surface area contributed by atoms with Crippen LogP contribution in [0.5, 0.6) is 0 Å². The van der Waals surface area contributed by atoms with Gasteiger partial charge in [-0.15, -0.1) is 0 Å². The molecule has 0 bridgehead atoms. The van der Waals surface area contributed by atoms with Crippen LogP contribution in [0.4, 0.5) is 0 Å². The first-order valence-corrected chi connectivity index (χ1v) is 5.39. The molecule has 0 aliphatic carbocycles. The summed E-state index contributed by atoms with van der Waals surface area (Å²) in [6, 6.07) is 0. The molecular formula is C11H25N. The fraction of sp³-hybridized carbons (Fsp3) is 1.00. The van der Waals surface area contributed by atoms with E-state index in [1.165, 1.54) is 38.6 Å². The Bertz CT molecular complexity index is 95.2. The predicted octanol–water partition coefficient (Wildman–Crippen LogP) is 3.20. The molecule has 0 aromatic carbocycles. The van der Waals surface area contributed by atoms with Crippen LogP contribution in [0.2, 0.25) is 0 Å². The van der Waals surface area contributed by atoms with Gasteiger partial charge in [0.1, 0.15) is 0 Å². The highest BCUT2D eigenvalue weighted by molar-refractivity contribution is 4.76. The summed E-state index contributed by atoms with van der Waals surface area (Å²) in [6.45, 7) is 8.12. The van der Waals surface area contributed by atoms with Crippen molar-refractivity contribution in [1.82, 2.24) is 5.32 Å². The fourth-order valence-corrected chi connectivity index (χ4v) is 2.00. The maximum Gasteiger partial charge on any atom is -0.00466 e. The Morgan fingerprint density at radius 3 is 1.92 bits per heavy atom. The Morgan fingerprint density at radius 1 is 1.00 bits per heavy atom. The van der Waals surface area contributed by atoms with Crippen LogP contribution < -0.4 is 5.32 Å². The SMILES string of the molecule is CCCC(CC)(CC)CCNC. The molecule has 1 nitrogen and oxygen atoms in total. The van der Waals surface area contributed by atoms with Crippen LogP contribution in [0.1, 0.15) is 52.9 Å². The average molecular weight is 171 g/mol. The van der Waals surface area contributed by atoms with Gasteiger partial charge >= 0.3 is 0 Å². The first kappa shape index (κ1) is 12.0. The Labute approximate surface area is 77.9 Å². The average Bonchev–Trinajstić information content (AvgIpc) is 2.13. The topological polar surface area (TPSA) is 12.0 Å². The summed E-state index contributed by atoms with van der Waals surface area (Å²) < 4.78 is 0. The molecule has 0 amide bonds.